The fourth-order valence-electron chi connectivity index (χ4n) is 4.30. The number of rotatable bonds is 8. The van der Waals surface area contributed by atoms with Crippen LogP contribution in [0.25, 0.3) is 10.9 Å². The van der Waals surface area contributed by atoms with Crippen molar-refractivity contribution < 1.29 is 31.9 Å². The fraction of sp³-hybridized carbons (Fsp3) is 0.233. The van der Waals surface area contributed by atoms with Crippen LogP contribution in [-0.4, -0.2) is 22.3 Å². The third-order valence-electron chi connectivity index (χ3n) is 6.52. The lowest BCUT2D eigenvalue weighted by Gasteiger charge is -2.12. The summed E-state index contributed by atoms with van der Waals surface area (Å²) in [6.07, 6.45) is -4.72. The summed E-state index contributed by atoms with van der Waals surface area (Å²) in [5.74, 6) is -2.73. The molecule has 0 aliphatic rings. The van der Waals surface area contributed by atoms with Crippen LogP contribution in [0.2, 0.25) is 5.02 Å². The van der Waals surface area contributed by atoms with Gasteiger partial charge in [0.15, 0.2) is 0 Å². The monoisotopic (exact) mass is 602 g/mol. The van der Waals surface area contributed by atoms with E-state index in [4.69, 9.17) is 11.6 Å². The molecule has 0 bridgehead atoms. The van der Waals surface area contributed by atoms with E-state index in [1.54, 1.807) is 61.7 Å². The average molecular weight is 603 g/mol. The number of halogens is 5. The molecule has 42 heavy (non-hydrogen) atoms. The van der Waals surface area contributed by atoms with Gasteiger partial charge in [-0.2, -0.15) is 13.2 Å². The number of aromatic nitrogens is 1. The molecule has 4 rings (SSSR count). The molecule has 0 radical (unpaired) electrons. The van der Waals surface area contributed by atoms with E-state index >= 15 is 0 Å². The Balaban J connectivity index is 1.54. The van der Waals surface area contributed by atoms with Crippen molar-refractivity contribution in [2.45, 2.75) is 40.0 Å². The van der Waals surface area contributed by atoms with Crippen molar-refractivity contribution in [2.75, 3.05) is 10.6 Å². The normalized spacial score (nSPS) is 11.5. The molecule has 12 heteroatoms. The predicted octanol–water partition coefficient (Wildman–Crippen LogP) is 7.25. The Bertz CT molecular complexity index is 1680. The van der Waals surface area contributed by atoms with Gasteiger partial charge in [0.25, 0.3) is 11.8 Å². The van der Waals surface area contributed by atoms with Crippen molar-refractivity contribution in [1.82, 2.24) is 9.88 Å². The number of carbonyl (C=O) groups excluding carboxylic acids is 3. The van der Waals surface area contributed by atoms with Crippen LogP contribution in [0.15, 0.2) is 60.7 Å². The molecular formula is C30H27ClF4N4O3. The minimum absolute atomic E-state index is 0.124. The van der Waals surface area contributed by atoms with Gasteiger partial charge in [-0.3, -0.25) is 14.4 Å². The Morgan fingerprint density at radius 1 is 0.929 bits per heavy atom. The third kappa shape index (κ3) is 6.73. The first-order valence-corrected chi connectivity index (χ1v) is 13.3. The molecule has 0 aliphatic heterocycles. The smallest absolute Gasteiger partial charge is 0.352 e. The summed E-state index contributed by atoms with van der Waals surface area (Å²) in [5, 5.41) is 8.71. The first-order chi connectivity index (χ1) is 19.8. The first-order valence-electron chi connectivity index (χ1n) is 13.0. The summed E-state index contributed by atoms with van der Waals surface area (Å²) in [5.41, 5.74) is 0.546. The number of nitrogens with zero attached hydrogens (tertiary/aromatic N) is 1. The number of benzene rings is 3. The minimum Gasteiger partial charge on any atom is -0.352 e. The van der Waals surface area contributed by atoms with Crippen molar-refractivity contribution in [1.29, 1.82) is 0 Å². The van der Waals surface area contributed by atoms with Crippen molar-refractivity contribution in [2.24, 2.45) is 5.92 Å². The number of aryl methyl sites for hydroxylation is 1. The lowest BCUT2D eigenvalue weighted by Crippen LogP contribution is -2.27. The van der Waals surface area contributed by atoms with Gasteiger partial charge in [0.2, 0.25) is 5.91 Å². The Morgan fingerprint density at radius 2 is 1.67 bits per heavy atom. The standard InChI is InChI=1S/C30H27ClF4N4O3/c1-4-39-25-10-7-20(37-28(41)21-11-17(5-8-22(21)31)15-36-27(40)16(2)3)12-18(25)13-26(39)29(42)38-24-9-6-19(14-23(24)32)30(33,34)35/h5-14,16H,4,15H2,1-3H3,(H,36,40)(H,37,41)(H,38,42). The van der Waals surface area contributed by atoms with E-state index in [-0.39, 0.29) is 34.6 Å². The lowest BCUT2D eigenvalue weighted by atomic mass is 10.1. The number of hydrogen-bond acceptors (Lipinski definition) is 3. The van der Waals surface area contributed by atoms with Crippen LogP contribution in [0.3, 0.4) is 0 Å². The molecule has 0 spiro atoms. The number of nitrogens with one attached hydrogen (secondary N) is 3. The molecule has 0 atom stereocenters. The molecule has 3 amide bonds. The summed E-state index contributed by atoms with van der Waals surface area (Å²) >= 11 is 6.27. The topological polar surface area (TPSA) is 92.2 Å². The van der Waals surface area contributed by atoms with Gasteiger partial charge in [-0.15, -0.1) is 0 Å². The molecule has 3 N–H and O–H groups in total. The fourth-order valence-corrected chi connectivity index (χ4v) is 4.51. The zero-order valence-electron chi connectivity index (χ0n) is 22.8. The van der Waals surface area contributed by atoms with Gasteiger partial charge in [-0.1, -0.05) is 31.5 Å². The highest BCUT2D eigenvalue weighted by atomic mass is 35.5. The van der Waals surface area contributed by atoms with Gasteiger partial charge in [-0.25, -0.2) is 4.39 Å². The molecule has 3 aromatic carbocycles. The summed E-state index contributed by atoms with van der Waals surface area (Å²) < 4.78 is 54.6. The number of hydrogen-bond donors (Lipinski definition) is 3. The summed E-state index contributed by atoms with van der Waals surface area (Å²) in [7, 11) is 0. The summed E-state index contributed by atoms with van der Waals surface area (Å²) in [6, 6.07) is 13.3. The van der Waals surface area contributed by atoms with Crippen molar-refractivity contribution >= 4 is 51.6 Å². The van der Waals surface area contributed by atoms with Crippen LogP contribution in [0, 0.1) is 11.7 Å². The van der Waals surface area contributed by atoms with Gasteiger partial charge >= 0.3 is 6.18 Å². The van der Waals surface area contributed by atoms with E-state index in [0.717, 1.165) is 6.07 Å². The lowest BCUT2D eigenvalue weighted by molar-refractivity contribution is -0.137. The minimum atomic E-state index is -4.72. The van der Waals surface area contributed by atoms with Crippen molar-refractivity contribution in [3.63, 3.8) is 0 Å². The van der Waals surface area contributed by atoms with E-state index in [1.807, 2.05) is 0 Å². The van der Waals surface area contributed by atoms with Gasteiger partial charge in [-0.05, 0) is 67.1 Å². The Kier molecular flexibility index (Phi) is 8.91. The maximum Gasteiger partial charge on any atom is 0.416 e. The average Bonchev–Trinajstić information content (AvgIpc) is 3.30. The zero-order valence-corrected chi connectivity index (χ0v) is 23.6. The molecule has 1 aromatic heterocycles. The second-order valence-electron chi connectivity index (χ2n) is 9.83. The van der Waals surface area contributed by atoms with Crippen molar-refractivity contribution in [3.05, 3.63) is 93.9 Å². The maximum atomic E-state index is 14.3. The number of carbonyl (C=O) groups is 3. The van der Waals surface area contributed by atoms with Gasteiger partial charge in [0.1, 0.15) is 11.5 Å². The van der Waals surface area contributed by atoms with Crippen LogP contribution in [0.5, 0.6) is 0 Å². The maximum absolute atomic E-state index is 14.3. The largest absolute Gasteiger partial charge is 0.416 e. The highest BCUT2D eigenvalue weighted by Crippen LogP contribution is 2.32. The molecular weight excluding hydrogens is 576 g/mol. The highest BCUT2D eigenvalue weighted by Gasteiger charge is 2.31. The number of alkyl halides is 3. The van der Waals surface area contributed by atoms with E-state index in [2.05, 4.69) is 16.0 Å². The second-order valence-corrected chi connectivity index (χ2v) is 10.2. The molecule has 0 saturated carbocycles. The Labute approximate surface area is 243 Å². The molecule has 220 valence electrons. The Hall–Kier alpha value is -4.38. The quantitative estimate of drug-likeness (QED) is 0.186. The molecule has 0 fully saturated rings. The second kappa shape index (κ2) is 12.2. The van der Waals surface area contributed by atoms with Crippen LogP contribution in [0.1, 0.15) is 52.7 Å². The van der Waals surface area contributed by atoms with Crippen LogP contribution in [-0.2, 0) is 24.1 Å². The molecule has 7 nitrogen and oxygen atoms in total. The third-order valence-corrected chi connectivity index (χ3v) is 6.85. The van der Waals surface area contributed by atoms with E-state index < -0.39 is 35.1 Å². The molecule has 4 aromatic rings. The summed E-state index contributed by atoms with van der Waals surface area (Å²) in [4.78, 5) is 38.0. The molecule has 0 saturated heterocycles. The van der Waals surface area contributed by atoms with Gasteiger partial charge in [0.05, 0.1) is 21.8 Å². The molecule has 1 heterocycles. The Morgan fingerprint density at radius 3 is 2.31 bits per heavy atom. The van der Waals surface area contributed by atoms with Gasteiger partial charge < -0.3 is 20.5 Å². The van der Waals surface area contributed by atoms with Crippen LogP contribution >= 0.6 is 11.6 Å². The molecule has 0 unspecified atom stereocenters. The summed E-state index contributed by atoms with van der Waals surface area (Å²) in [6.45, 7) is 5.94. The number of fused-ring (bicyclic) bond motifs is 1. The predicted molar refractivity (Wildman–Crippen MR) is 153 cm³/mol. The number of amides is 3. The first kappa shape index (κ1) is 30.6. The van der Waals surface area contributed by atoms with E-state index in [0.29, 0.717) is 40.8 Å². The van der Waals surface area contributed by atoms with Crippen molar-refractivity contribution in [3.8, 4) is 0 Å². The zero-order chi connectivity index (χ0) is 30.8. The highest BCUT2D eigenvalue weighted by molar-refractivity contribution is 6.34. The number of anilines is 2. The molecule has 0 aliphatic carbocycles. The van der Waals surface area contributed by atoms with E-state index in [1.165, 1.54) is 6.07 Å². The van der Waals surface area contributed by atoms with Gasteiger partial charge in [0, 0.05) is 35.6 Å². The van der Waals surface area contributed by atoms with Crippen LogP contribution in [0.4, 0.5) is 28.9 Å². The SMILES string of the molecule is CCn1c(C(=O)Nc2ccc(C(F)(F)F)cc2F)cc2cc(NC(=O)c3cc(CNC(=O)C(C)C)ccc3Cl)ccc21. The van der Waals surface area contributed by atoms with Crippen LogP contribution < -0.4 is 16.0 Å². The van der Waals surface area contributed by atoms with E-state index in [9.17, 15) is 31.9 Å².